The van der Waals surface area contributed by atoms with E-state index in [0.717, 1.165) is 5.56 Å². The Bertz CT molecular complexity index is 273. The standard InChI is InChI=1S/C9H9ClO3/c10-6-8(13-9(11)12)7-4-2-1-3-5-7/h1-5,8H,6H2,(H,11,12). The van der Waals surface area contributed by atoms with Crippen molar-refractivity contribution in [1.29, 1.82) is 0 Å². The minimum absolute atomic E-state index is 0.121. The lowest BCUT2D eigenvalue weighted by molar-refractivity contribution is 0.0600. The summed E-state index contributed by atoms with van der Waals surface area (Å²) in [5.41, 5.74) is 0.764. The maximum Gasteiger partial charge on any atom is 0.506 e. The summed E-state index contributed by atoms with van der Waals surface area (Å²) in [6.07, 6.45) is -1.89. The van der Waals surface area contributed by atoms with Crippen molar-refractivity contribution in [3.63, 3.8) is 0 Å². The molecule has 0 heterocycles. The molecule has 0 aliphatic rings. The van der Waals surface area contributed by atoms with Gasteiger partial charge in [0.2, 0.25) is 0 Å². The molecule has 0 saturated heterocycles. The van der Waals surface area contributed by atoms with Crippen molar-refractivity contribution in [2.45, 2.75) is 6.10 Å². The zero-order valence-corrected chi connectivity index (χ0v) is 7.57. The third-order valence-corrected chi connectivity index (χ3v) is 1.83. The summed E-state index contributed by atoms with van der Waals surface area (Å²) in [5, 5.41) is 8.40. The van der Waals surface area contributed by atoms with Crippen LogP contribution in [0.3, 0.4) is 0 Å². The number of carboxylic acid groups (broad SMARTS) is 1. The molecule has 1 aromatic carbocycles. The van der Waals surface area contributed by atoms with E-state index in [1.807, 2.05) is 6.07 Å². The molecule has 0 aliphatic heterocycles. The number of hydrogen-bond donors (Lipinski definition) is 1. The van der Waals surface area contributed by atoms with Gasteiger partial charge in [0, 0.05) is 0 Å². The topological polar surface area (TPSA) is 46.5 Å². The highest BCUT2D eigenvalue weighted by atomic mass is 35.5. The van der Waals surface area contributed by atoms with E-state index in [1.54, 1.807) is 24.3 Å². The Balaban J connectivity index is 2.73. The number of carbonyl (C=O) groups is 1. The van der Waals surface area contributed by atoms with E-state index in [2.05, 4.69) is 4.74 Å². The number of halogens is 1. The molecule has 0 spiro atoms. The Kier molecular flexibility index (Phi) is 3.58. The molecule has 1 unspecified atom stereocenters. The van der Waals surface area contributed by atoms with Gasteiger partial charge >= 0.3 is 6.16 Å². The highest BCUT2D eigenvalue weighted by Crippen LogP contribution is 2.18. The van der Waals surface area contributed by atoms with Gasteiger partial charge < -0.3 is 9.84 Å². The van der Waals surface area contributed by atoms with Crippen LogP contribution in [0.5, 0.6) is 0 Å². The highest BCUT2D eigenvalue weighted by Gasteiger charge is 2.13. The van der Waals surface area contributed by atoms with E-state index in [4.69, 9.17) is 16.7 Å². The molecular formula is C9H9ClO3. The minimum Gasteiger partial charge on any atom is -0.450 e. The monoisotopic (exact) mass is 200 g/mol. The molecule has 0 amide bonds. The Hall–Kier alpha value is -1.22. The van der Waals surface area contributed by atoms with Gasteiger partial charge in [-0.2, -0.15) is 0 Å². The van der Waals surface area contributed by atoms with Gasteiger partial charge in [-0.1, -0.05) is 30.3 Å². The van der Waals surface area contributed by atoms with Crippen molar-refractivity contribution in [2.24, 2.45) is 0 Å². The molecule has 1 rings (SSSR count). The Morgan fingerprint density at radius 2 is 2.08 bits per heavy atom. The Morgan fingerprint density at radius 1 is 1.46 bits per heavy atom. The van der Waals surface area contributed by atoms with Crippen LogP contribution in [0.4, 0.5) is 4.79 Å². The van der Waals surface area contributed by atoms with E-state index in [1.165, 1.54) is 0 Å². The summed E-state index contributed by atoms with van der Waals surface area (Å²) >= 11 is 5.56. The molecule has 0 aliphatic carbocycles. The van der Waals surface area contributed by atoms with Gasteiger partial charge in [0.1, 0.15) is 6.10 Å². The first-order valence-electron chi connectivity index (χ1n) is 3.74. The molecule has 0 bridgehead atoms. The molecule has 70 valence electrons. The molecule has 1 atom stereocenters. The van der Waals surface area contributed by atoms with Gasteiger partial charge in [-0.25, -0.2) is 4.79 Å². The fraction of sp³-hybridized carbons (Fsp3) is 0.222. The average molecular weight is 201 g/mol. The molecule has 13 heavy (non-hydrogen) atoms. The van der Waals surface area contributed by atoms with E-state index >= 15 is 0 Å². The lowest BCUT2D eigenvalue weighted by Crippen LogP contribution is -2.10. The summed E-state index contributed by atoms with van der Waals surface area (Å²) in [5.74, 6) is 0.121. The largest absolute Gasteiger partial charge is 0.506 e. The van der Waals surface area contributed by atoms with Crippen LogP contribution in [-0.2, 0) is 4.74 Å². The second-order valence-electron chi connectivity index (χ2n) is 2.44. The summed E-state index contributed by atoms with van der Waals surface area (Å²) < 4.78 is 4.57. The lowest BCUT2D eigenvalue weighted by Gasteiger charge is -2.12. The van der Waals surface area contributed by atoms with Crippen LogP contribution in [-0.4, -0.2) is 17.1 Å². The van der Waals surface area contributed by atoms with E-state index in [0.29, 0.717) is 0 Å². The van der Waals surface area contributed by atoms with Crippen molar-refractivity contribution >= 4 is 17.8 Å². The third kappa shape index (κ3) is 2.95. The second kappa shape index (κ2) is 4.72. The van der Waals surface area contributed by atoms with E-state index in [-0.39, 0.29) is 5.88 Å². The molecular weight excluding hydrogens is 192 g/mol. The quantitative estimate of drug-likeness (QED) is 0.603. The SMILES string of the molecule is O=C(O)OC(CCl)c1ccccc1. The van der Waals surface area contributed by atoms with Crippen molar-refractivity contribution in [1.82, 2.24) is 0 Å². The first kappa shape index (κ1) is 9.86. The van der Waals surface area contributed by atoms with Crippen LogP contribution < -0.4 is 0 Å². The molecule has 3 nitrogen and oxygen atoms in total. The van der Waals surface area contributed by atoms with Crippen LogP contribution in [0.15, 0.2) is 30.3 Å². The van der Waals surface area contributed by atoms with Gasteiger partial charge in [-0.05, 0) is 5.56 Å². The van der Waals surface area contributed by atoms with Crippen LogP contribution in [0.25, 0.3) is 0 Å². The van der Waals surface area contributed by atoms with Gasteiger partial charge in [-0.15, -0.1) is 11.6 Å². The Labute approximate surface area is 80.9 Å². The maximum absolute atomic E-state index is 10.3. The summed E-state index contributed by atoms with van der Waals surface area (Å²) in [7, 11) is 0. The number of rotatable bonds is 3. The zero-order valence-electron chi connectivity index (χ0n) is 6.81. The predicted molar refractivity (Wildman–Crippen MR) is 49.0 cm³/mol. The molecule has 4 heteroatoms. The van der Waals surface area contributed by atoms with Gasteiger partial charge in [0.15, 0.2) is 0 Å². The zero-order chi connectivity index (χ0) is 9.68. The van der Waals surface area contributed by atoms with Crippen molar-refractivity contribution in [3.8, 4) is 0 Å². The van der Waals surface area contributed by atoms with Gasteiger partial charge in [0.05, 0.1) is 5.88 Å². The smallest absolute Gasteiger partial charge is 0.450 e. The molecule has 0 aromatic heterocycles. The average Bonchev–Trinajstić information content (AvgIpc) is 2.15. The number of alkyl halides is 1. The van der Waals surface area contributed by atoms with Crippen LogP contribution in [0.1, 0.15) is 11.7 Å². The third-order valence-electron chi connectivity index (χ3n) is 1.55. The molecule has 1 N–H and O–H groups in total. The molecule has 1 aromatic rings. The number of hydrogen-bond acceptors (Lipinski definition) is 2. The van der Waals surface area contributed by atoms with Crippen molar-refractivity contribution < 1.29 is 14.6 Å². The number of ether oxygens (including phenoxy) is 1. The maximum atomic E-state index is 10.3. The van der Waals surface area contributed by atoms with Crippen LogP contribution in [0.2, 0.25) is 0 Å². The van der Waals surface area contributed by atoms with Gasteiger partial charge in [-0.3, -0.25) is 0 Å². The van der Waals surface area contributed by atoms with Crippen molar-refractivity contribution in [2.75, 3.05) is 5.88 Å². The van der Waals surface area contributed by atoms with Crippen LogP contribution >= 0.6 is 11.6 Å². The van der Waals surface area contributed by atoms with E-state index in [9.17, 15) is 4.79 Å². The fourth-order valence-electron chi connectivity index (χ4n) is 0.978. The Morgan fingerprint density at radius 3 is 2.54 bits per heavy atom. The molecule has 0 saturated carbocycles. The van der Waals surface area contributed by atoms with E-state index < -0.39 is 12.3 Å². The molecule has 0 radical (unpaired) electrons. The summed E-state index contributed by atoms with van der Waals surface area (Å²) in [4.78, 5) is 10.3. The lowest BCUT2D eigenvalue weighted by atomic mass is 10.1. The summed E-state index contributed by atoms with van der Waals surface area (Å²) in [6.45, 7) is 0. The summed E-state index contributed by atoms with van der Waals surface area (Å²) in [6, 6.07) is 9.00. The second-order valence-corrected chi connectivity index (χ2v) is 2.75. The minimum atomic E-state index is -1.31. The first-order valence-corrected chi connectivity index (χ1v) is 4.28. The molecule has 0 fully saturated rings. The fourth-order valence-corrected chi connectivity index (χ4v) is 1.22. The number of benzene rings is 1. The first-order chi connectivity index (χ1) is 6.24. The van der Waals surface area contributed by atoms with Crippen LogP contribution in [0, 0.1) is 0 Å². The van der Waals surface area contributed by atoms with Gasteiger partial charge in [0.25, 0.3) is 0 Å². The highest BCUT2D eigenvalue weighted by molar-refractivity contribution is 6.18. The predicted octanol–water partition coefficient (Wildman–Crippen LogP) is 2.66. The normalized spacial score (nSPS) is 12.1. The van der Waals surface area contributed by atoms with Crippen molar-refractivity contribution in [3.05, 3.63) is 35.9 Å².